The molecule has 24 heavy (non-hydrogen) atoms. The fourth-order valence-corrected chi connectivity index (χ4v) is 6.31. The number of carbonyl (C=O) groups excluding carboxylic acids is 1. The predicted molar refractivity (Wildman–Crippen MR) is 94.6 cm³/mol. The van der Waals surface area contributed by atoms with Gasteiger partial charge in [-0.3, -0.25) is 4.79 Å². The molecule has 0 bridgehead atoms. The third-order valence-corrected chi connectivity index (χ3v) is 8.08. The van der Waals surface area contributed by atoms with Crippen molar-refractivity contribution in [3.8, 4) is 0 Å². The van der Waals surface area contributed by atoms with Crippen LogP contribution in [0.2, 0.25) is 0 Å². The third kappa shape index (κ3) is 3.99. The highest BCUT2D eigenvalue weighted by Gasteiger charge is 2.34. The topological polar surface area (TPSA) is 78.5 Å². The number of aryl methyl sites for hydroxylation is 1. The highest BCUT2D eigenvalue weighted by atomic mass is 32.2. The lowest BCUT2D eigenvalue weighted by Crippen LogP contribution is -2.47. The number of nitrogens with zero attached hydrogens (tertiary/aromatic N) is 1. The van der Waals surface area contributed by atoms with Gasteiger partial charge >= 0.3 is 0 Å². The number of nitrogens with one attached hydrogen (secondary N) is 2. The highest BCUT2D eigenvalue weighted by Crippen LogP contribution is 2.28. The molecule has 1 aromatic rings. The summed E-state index contributed by atoms with van der Waals surface area (Å²) in [6.45, 7) is 4.31. The zero-order chi connectivity index (χ0) is 17.2. The molecule has 134 valence electrons. The maximum atomic E-state index is 12.7. The van der Waals surface area contributed by atoms with Crippen LogP contribution in [0.25, 0.3) is 0 Å². The van der Waals surface area contributed by atoms with Crippen molar-refractivity contribution >= 4 is 27.3 Å². The second kappa shape index (κ2) is 7.51. The summed E-state index contributed by atoms with van der Waals surface area (Å²) in [6.07, 6.45) is 3.71. The van der Waals surface area contributed by atoms with Crippen molar-refractivity contribution in [2.24, 2.45) is 5.92 Å². The van der Waals surface area contributed by atoms with Gasteiger partial charge in [-0.2, -0.15) is 4.31 Å². The molecule has 2 N–H and O–H groups in total. The fraction of sp³-hybridized carbons (Fsp3) is 0.688. The van der Waals surface area contributed by atoms with Crippen LogP contribution < -0.4 is 10.6 Å². The second-order valence-electron chi connectivity index (χ2n) is 6.61. The van der Waals surface area contributed by atoms with Crippen LogP contribution in [-0.4, -0.2) is 50.9 Å². The number of hydrogen-bond acceptors (Lipinski definition) is 5. The van der Waals surface area contributed by atoms with Gasteiger partial charge in [-0.1, -0.05) is 0 Å². The molecule has 1 aromatic heterocycles. The molecule has 2 unspecified atom stereocenters. The lowest BCUT2D eigenvalue weighted by atomic mass is 9.98. The Labute approximate surface area is 147 Å². The Kier molecular flexibility index (Phi) is 5.59. The Morgan fingerprint density at radius 2 is 2.21 bits per heavy atom. The van der Waals surface area contributed by atoms with E-state index in [1.165, 1.54) is 15.6 Å². The first kappa shape index (κ1) is 17.8. The van der Waals surface area contributed by atoms with E-state index in [0.29, 0.717) is 23.3 Å². The largest absolute Gasteiger partial charge is 0.354 e. The Bertz CT molecular complexity index is 680. The zero-order valence-corrected chi connectivity index (χ0v) is 15.6. The second-order valence-corrected chi connectivity index (χ2v) is 10.1. The molecule has 0 saturated carbocycles. The molecule has 2 fully saturated rings. The summed E-state index contributed by atoms with van der Waals surface area (Å²) >= 11 is 1.29. The summed E-state index contributed by atoms with van der Waals surface area (Å²) in [6, 6.07) is 3.83. The van der Waals surface area contributed by atoms with Gasteiger partial charge in [0.2, 0.25) is 5.91 Å². The van der Waals surface area contributed by atoms with E-state index < -0.39 is 10.0 Å². The zero-order valence-electron chi connectivity index (χ0n) is 14.0. The van der Waals surface area contributed by atoms with Crippen LogP contribution in [0.15, 0.2) is 16.3 Å². The molecule has 1 amide bonds. The summed E-state index contributed by atoms with van der Waals surface area (Å²) in [4.78, 5) is 13.4. The van der Waals surface area contributed by atoms with Crippen molar-refractivity contribution in [2.45, 2.75) is 42.9 Å². The SMILES string of the molecule is Cc1ccc(S(=O)(=O)N2CCCC(C(=O)NCC3CCCN3)C2)s1. The summed E-state index contributed by atoms with van der Waals surface area (Å²) in [7, 11) is -3.48. The van der Waals surface area contributed by atoms with Gasteiger partial charge in [-0.15, -0.1) is 11.3 Å². The minimum Gasteiger partial charge on any atom is -0.354 e. The van der Waals surface area contributed by atoms with Crippen LogP contribution in [0.3, 0.4) is 0 Å². The van der Waals surface area contributed by atoms with Gasteiger partial charge in [0.05, 0.1) is 5.92 Å². The first-order valence-corrected chi connectivity index (χ1v) is 10.8. The molecule has 2 atom stereocenters. The van der Waals surface area contributed by atoms with Crippen LogP contribution in [-0.2, 0) is 14.8 Å². The molecule has 0 aliphatic carbocycles. The van der Waals surface area contributed by atoms with Crippen LogP contribution in [0.4, 0.5) is 0 Å². The van der Waals surface area contributed by atoms with E-state index in [4.69, 9.17) is 0 Å². The minimum atomic E-state index is -3.48. The standard InChI is InChI=1S/C16H25N3O3S2/c1-12-6-7-15(23-12)24(21,22)19-9-3-4-13(11-19)16(20)18-10-14-5-2-8-17-14/h6-7,13-14,17H,2-5,8-11H2,1H3,(H,18,20). The van der Waals surface area contributed by atoms with Crippen LogP contribution in [0.1, 0.15) is 30.6 Å². The van der Waals surface area contributed by atoms with Gasteiger partial charge in [0.1, 0.15) is 4.21 Å². The number of rotatable bonds is 5. The Hall–Kier alpha value is -0.960. The number of sulfonamides is 1. The van der Waals surface area contributed by atoms with E-state index in [-0.39, 0.29) is 18.4 Å². The minimum absolute atomic E-state index is 0.0223. The first-order valence-electron chi connectivity index (χ1n) is 8.54. The molecule has 2 saturated heterocycles. The first-order chi connectivity index (χ1) is 11.5. The summed E-state index contributed by atoms with van der Waals surface area (Å²) in [5.41, 5.74) is 0. The highest BCUT2D eigenvalue weighted by molar-refractivity contribution is 7.91. The van der Waals surface area contributed by atoms with Crippen molar-refractivity contribution in [1.82, 2.24) is 14.9 Å². The van der Waals surface area contributed by atoms with Gasteiger partial charge in [-0.05, 0) is 51.3 Å². The molecule has 0 radical (unpaired) electrons. The smallest absolute Gasteiger partial charge is 0.252 e. The number of piperidine rings is 1. The van der Waals surface area contributed by atoms with E-state index in [1.54, 1.807) is 6.07 Å². The Balaban J connectivity index is 1.60. The molecular weight excluding hydrogens is 346 g/mol. The summed E-state index contributed by atoms with van der Waals surface area (Å²) in [5.74, 6) is -0.276. The fourth-order valence-electron chi connectivity index (χ4n) is 3.35. The lowest BCUT2D eigenvalue weighted by Gasteiger charge is -2.31. The van der Waals surface area contributed by atoms with Crippen molar-refractivity contribution in [2.75, 3.05) is 26.2 Å². The van der Waals surface area contributed by atoms with Crippen LogP contribution in [0.5, 0.6) is 0 Å². The van der Waals surface area contributed by atoms with Gasteiger partial charge in [0.15, 0.2) is 0 Å². The molecular formula is C16H25N3O3S2. The van der Waals surface area contributed by atoms with E-state index in [9.17, 15) is 13.2 Å². The molecule has 0 spiro atoms. The van der Waals surface area contributed by atoms with Gasteiger partial charge < -0.3 is 10.6 Å². The lowest BCUT2D eigenvalue weighted by molar-refractivity contribution is -0.126. The Morgan fingerprint density at radius 3 is 2.88 bits per heavy atom. The van der Waals surface area contributed by atoms with Crippen molar-refractivity contribution in [3.63, 3.8) is 0 Å². The van der Waals surface area contributed by atoms with E-state index >= 15 is 0 Å². The van der Waals surface area contributed by atoms with Gasteiger partial charge in [-0.25, -0.2) is 8.42 Å². The Morgan fingerprint density at radius 1 is 1.38 bits per heavy atom. The molecule has 3 heterocycles. The quantitative estimate of drug-likeness (QED) is 0.818. The van der Waals surface area contributed by atoms with Gasteiger partial charge in [0, 0.05) is 30.6 Å². The van der Waals surface area contributed by atoms with Crippen LogP contribution >= 0.6 is 11.3 Å². The van der Waals surface area contributed by atoms with Crippen molar-refractivity contribution in [3.05, 3.63) is 17.0 Å². The third-order valence-electron chi connectivity index (χ3n) is 4.75. The normalized spacial score (nSPS) is 25.7. The number of amides is 1. The average molecular weight is 372 g/mol. The number of thiophene rings is 1. The summed E-state index contributed by atoms with van der Waals surface area (Å²) in [5, 5.41) is 6.34. The van der Waals surface area contributed by atoms with E-state index in [1.807, 2.05) is 13.0 Å². The molecule has 0 aromatic carbocycles. The molecule has 2 aliphatic heterocycles. The average Bonchev–Trinajstić information content (AvgIpc) is 3.24. The number of hydrogen-bond donors (Lipinski definition) is 2. The molecule has 3 rings (SSSR count). The van der Waals surface area contributed by atoms with Gasteiger partial charge in [0.25, 0.3) is 10.0 Å². The molecule has 8 heteroatoms. The van der Waals surface area contributed by atoms with Crippen molar-refractivity contribution in [1.29, 1.82) is 0 Å². The summed E-state index contributed by atoms with van der Waals surface area (Å²) < 4.78 is 27.3. The maximum Gasteiger partial charge on any atom is 0.252 e. The van der Waals surface area contributed by atoms with Crippen molar-refractivity contribution < 1.29 is 13.2 Å². The predicted octanol–water partition coefficient (Wildman–Crippen LogP) is 1.33. The molecule has 2 aliphatic rings. The van der Waals surface area contributed by atoms with E-state index in [0.717, 1.165) is 37.1 Å². The monoisotopic (exact) mass is 371 g/mol. The number of carbonyl (C=O) groups is 1. The van der Waals surface area contributed by atoms with Crippen LogP contribution in [0, 0.1) is 12.8 Å². The van der Waals surface area contributed by atoms with E-state index in [2.05, 4.69) is 10.6 Å². The molecule has 6 nitrogen and oxygen atoms in total. The maximum absolute atomic E-state index is 12.7.